The summed E-state index contributed by atoms with van der Waals surface area (Å²) in [6.07, 6.45) is 1.93. The molecule has 0 fully saturated rings. The van der Waals surface area contributed by atoms with Crippen molar-refractivity contribution in [2.24, 2.45) is 0 Å². The van der Waals surface area contributed by atoms with Crippen molar-refractivity contribution in [1.82, 2.24) is 0 Å². The molecule has 0 radical (unpaired) electrons. The zero-order valence-corrected chi connectivity index (χ0v) is 15.3. The van der Waals surface area contributed by atoms with Crippen LogP contribution in [0.25, 0.3) is 11.1 Å². The lowest BCUT2D eigenvalue weighted by Gasteiger charge is -2.08. The monoisotopic (exact) mass is 374 g/mol. The van der Waals surface area contributed by atoms with E-state index in [0.717, 1.165) is 16.8 Å². The van der Waals surface area contributed by atoms with Gasteiger partial charge in [-0.15, -0.1) is 11.3 Å². The fraction of sp³-hybridized carbons (Fsp3) is 0.0556. The molecule has 122 valence electrons. The maximum absolute atomic E-state index is 12.5. The molecule has 1 amide bonds. The Bertz CT molecular complexity index is 849. The number of anilines is 2. The summed E-state index contributed by atoms with van der Waals surface area (Å²) in [5.41, 5.74) is 3.66. The van der Waals surface area contributed by atoms with Gasteiger partial charge in [-0.1, -0.05) is 53.9 Å². The van der Waals surface area contributed by atoms with Gasteiger partial charge in [0.1, 0.15) is 0 Å². The van der Waals surface area contributed by atoms with E-state index in [-0.39, 0.29) is 5.91 Å². The first-order valence-electron chi connectivity index (χ1n) is 7.20. The van der Waals surface area contributed by atoms with Crippen molar-refractivity contribution in [3.05, 3.63) is 69.9 Å². The van der Waals surface area contributed by atoms with Crippen molar-refractivity contribution < 1.29 is 4.79 Å². The number of benzene rings is 2. The quantitative estimate of drug-likeness (QED) is 0.537. The van der Waals surface area contributed by atoms with Gasteiger partial charge in [-0.25, -0.2) is 0 Å². The predicted molar refractivity (Wildman–Crippen MR) is 106 cm³/mol. The van der Waals surface area contributed by atoms with Crippen molar-refractivity contribution in [2.45, 2.75) is 0 Å². The lowest BCUT2D eigenvalue weighted by molar-refractivity contribution is 0.103. The van der Waals surface area contributed by atoms with E-state index < -0.39 is 0 Å². The van der Waals surface area contributed by atoms with Crippen LogP contribution >= 0.6 is 34.9 Å². The van der Waals surface area contributed by atoms with Gasteiger partial charge in [0.05, 0.1) is 4.88 Å². The van der Waals surface area contributed by atoms with Crippen LogP contribution in [0.15, 0.2) is 60.0 Å². The highest BCUT2D eigenvalue weighted by atomic mass is 35.5. The number of carbonyl (C=O) groups is 1. The fourth-order valence-electron chi connectivity index (χ4n) is 2.27. The van der Waals surface area contributed by atoms with Gasteiger partial charge in [-0.05, 0) is 40.8 Å². The molecule has 6 heteroatoms. The molecule has 0 aliphatic carbocycles. The van der Waals surface area contributed by atoms with Crippen molar-refractivity contribution in [3.63, 3.8) is 0 Å². The lowest BCUT2D eigenvalue weighted by atomic mass is 10.1. The molecule has 24 heavy (non-hydrogen) atoms. The Hall–Kier alpha value is -1.95. The maximum Gasteiger partial charge on any atom is 0.265 e. The molecule has 1 aromatic heterocycles. The summed E-state index contributed by atoms with van der Waals surface area (Å²) in [7, 11) is 0. The Kier molecular flexibility index (Phi) is 5.45. The molecular weight excluding hydrogens is 360 g/mol. The molecule has 0 bridgehead atoms. The van der Waals surface area contributed by atoms with Crippen molar-refractivity contribution in [2.75, 3.05) is 16.3 Å². The standard InChI is InChI=1S/C18H15ClN2OS2/c1-23-21-16-9-14(19)8-15(10-16)20-18(22)17-7-13(11-24-17)12-5-3-2-4-6-12/h2-11,21H,1H3,(H,20,22). The number of nitrogens with one attached hydrogen (secondary N) is 2. The zero-order chi connectivity index (χ0) is 16.9. The van der Waals surface area contributed by atoms with E-state index >= 15 is 0 Å². The van der Waals surface area contributed by atoms with Crippen LogP contribution in [0, 0.1) is 0 Å². The van der Waals surface area contributed by atoms with Crippen LogP contribution in [-0.2, 0) is 0 Å². The SMILES string of the molecule is CSNc1cc(Cl)cc(NC(=O)c2cc(-c3ccccc3)cs2)c1. The van der Waals surface area contributed by atoms with E-state index in [9.17, 15) is 4.79 Å². The molecule has 0 aliphatic rings. The smallest absolute Gasteiger partial charge is 0.265 e. The van der Waals surface area contributed by atoms with Gasteiger partial charge in [0.25, 0.3) is 5.91 Å². The largest absolute Gasteiger partial charge is 0.330 e. The molecule has 2 N–H and O–H groups in total. The van der Waals surface area contributed by atoms with Crippen LogP contribution in [0.4, 0.5) is 11.4 Å². The first-order valence-corrected chi connectivity index (χ1v) is 9.69. The predicted octanol–water partition coefficient (Wildman–Crippen LogP) is 6.01. The van der Waals surface area contributed by atoms with E-state index in [1.54, 1.807) is 6.07 Å². The van der Waals surface area contributed by atoms with Crippen LogP contribution < -0.4 is 10.0 Å². The van der Waals surface area contributed by atoms with E-state index in [4.69, 9.17) is 11.6 Å². The minimum Gasteiger partial charge on any atom is -0.330 e. The zero-order valence-electron chi connectivity index (χ0n) is 12.9. The van der Waals surface area contributed by atoms with Crippen LogP contribution in [-0.4, -0.2) is 12.2 Å². The summed E-state index contributed by atoms with van der Waals surface area (Å²) >= 11 is 9.00. The van der Waals surface area contributed by atoms with Gasteiger partial charge < -0.3 is 10.0 Å². The molecule has 0 spiro atoms. The average molecular weight is 375 g/mol. The molecule has 3 rings (SSSR count). The second-order valence-corrected chi connectivity index (χ2v) is 7.01. The van der Waals surface area contributed by atoms with Gasteiger partial charge in [0.2, 0.25) is 0 Å². The Morgan fingerprint density at radius 2 is 1.79 bits per heavy atom. The minimum atomic E-state index is -0.139. The molecule has 0 saturated heterocycles. The molecule has 2 aromatic carbocycles. The highest BCUT2D eigenvalue weighted by Gasteiger charge is 2.11. The molecule has 1 heterocycles. The molecule has 0 unspecified atom stereocenters. The summed E-state index contributed by atoms with van der Waals surface area (Å²) in [5.74, 6) is -0.139. The third-order valence-corrected chi connectivity index (χ3v) is 4.89. The summed E-state index contributed by atoms with van der Waals surface area (Å²) in [6, 6.07) is 17.3. The number of hydrogen-bond acceptors (Lipinski definition) is 4. The Morgan fingerprint density at radius 1 is 1.04 bits per heavy atom. The second-order valence-electron chi connectivity index (χ2n) is 5.05. The number of halogens is 1. The first-order chi connectivity index (χ1) is 11.7. The summed E-state index contributed by atoms with van der Waals surface area (Å²) in [4.78, 5) is 13.1. The summed E-state index contributed by atoms with van der Waals surface area (Å²) < 4.78 is 3.11. The summed E-state index contributed by atoms with van der Waals surface area (Å²) in [5, 5.41) is 5.46. The van der Waals surface area contributed by atoms with Crippen molar-refractivity contribution in [3.8, 4) is 11.1 Å². The average Bonchev–Trinajstić information content (AvgIpc) is 3.05. The van der Waals surface area contributed by atoms with Crippen molar-refractivity contribution >= 4 is 52.2 Å². The van der Waals surface area contributed by atoms with Crippen LogP contribution in [0.1, 0.15) is 9.67 Å². The Balaban J connectivity index is 1.77. The van der Waals surface area contributed by atoms with Crippen LogP contribution in [0.5, 0.6) is 0 Å². The van der Waals surface area contributed by atoms with E-state index in [2.05, 4.69) is 10.0 Å². The number of amides is 1. The Labute approximate surface area is 154 Å². The molecule has 0 aliphatic heterocycles. The van der Waals surface area contributed by atoms with E-state index in [0.29, 0.717) is 15.6 Å². The van der Waals surface area contributed by atoms with Crippen LogP contribution in [0.3, 0.4) is 0 Å². The first kappa shape index (κ1) is 16.9. The normalized spacial score (nSPS) is 10.4. The third-order valence-electron chi connectivity index (χ3n) is 3.31. The number of thiophene rings is 1. The van der Waals surface area contributed by atoms with E-state index in [1.165, 1.54) is 23.3 Å². The van der Waals surface area contributed by atoms with Gasteiger partial charge in [-0.2, -0.15) is 0 Å². The number of rotatable bonds is 5. The lowest BCUT2D eigenvalue weighted by Crippen LogP contribution is -2.10. The highest BCUT2D eigenvalue weighted by molar-refractivity contribution is 7.99. The van der Waals surface area contributed by atoms with Gasteiger partial charge in [-0.3, -0.25) is 4.79 Å². The second kappa shape index (κ2) is 7.75. The molecule has 3 nitrogen and oxygen atoms in total. The third kappa shape index (κ3) is 4.12. The van der Waals surface area contributed by atoms with Gasteiger partial charge >= 0.3 is 0 Å². The van der Waals surface area contributed by atoms with Crippen LogP contribution in [0.2, 0.25) is 5.02 Å². The fourth-order valence-corrected chi connectivity index (χ4v) is 3.67. The van der Waals surface area contributed by atoms with Gasteiger partial charge in [0, 0.05) is 22.7 Å². The Morgan fingerprint density at radius 3 is 2.54 bits per heavy atom. The molecule has 0 atom stereocenters. The minimum absolute atomic E-state index is 0.139. The maximum atomic E-state index is 12.5. The van der Waals surface area contributed by atoms with E-state index in [1.807, 2.05) is 60.2 Å². The molecular formula is C18H15ClN2OS2. The van der Waals surface area contributed by atoms with Gasteiger partial charge in [0.15, 0.2) is 0 Å². The molecule has 3 aromatic rings. The summed E-state index contributed by atoms with van der Waals surface area (Å²) in [6.45, 7) is 0. The van der Waals surface area contributed by atoms with Crippen molar-refractivity contribution in [1.29, 1.82) is 0 Å². The topological polar surface area (TPSA) is 41.1 Å². The highest BCUT2D eigenvalue weighted by Crippen LogP contribution is 2.28. The number of hydrogen-bond donors (Lipinski definition) is 2. The molecule has 0 saturated carbocycles. The number of carbonyl (C=O) groups excluding carboxylic acids is 1.